The van der Waals surface area contributed by atoms with Crippen LogP contribution in [0, 0.1) is 5.92 Å². The number of anilines is 1. The number of carbonyl (C=O) groups excluding carboxylic acids is 1. The number of hydrogen-bond acceptors (Lipinski definition) is 4. The molecule has 0 saturated carbocycles. The Bertz CT molecular complexity index is 410. The van der Waals surface area contributed by atoms with E-state index >= 15 is 0 Å². The maximum atomic E-state index is 12.3. The minimum absolute atomic E-state index is 0.00472. The van der Waals surface area contributed by atoms with E-state index in [0.717, 1.165) is 38.4 Å². The van der Waals surface area contributed by atoms with Gasteiger partial charge in [0.2, 0.25) is 0 Å². The van der Waals surface area contributed by atoms with Gasteiger partial charge in [0.05, 0.1) is 0 Å². The molecule has 1 amide bonds. The van der Waals surface area contributed by atoms with E-state index in [2.05, 4.69) is 22.4 Å². The zero-order chi connectivity index (χ0) is 13.7. The molecule has 1 fully saturated rings. The van der Waals surface area contributed by atoms with Crippen LogP contribution >= 0.6 is 0 Å². The molecule has 5 nitrogen and oxygen atoms in total. The minimum atomic E-state index is 0.00472. The summed E-state index contributed by atoms with van der Waals surface area (Å²) in [4.78, 5) is 14.2. The average Bonchev–Trinajstić information content (AvgIpc) is 2.48. The van der Waals surface area contributed by atoms with Gasteiger partial charge < -0.3 is 10.2 Å². The lowest BCUT2D eigenvalue weighted by molar-refractivity contribution is 0.0681. The van der Waals surface area contributed by atoms with Crippen molar-refractivity contribution >= 4 is 11.7 Å². The first-order chi connectivity index (χ1) is 9.24. The molecule has 0 unspecified atom stereocenters. The standard InChI is InChI=1S/C14H22N4O/c1-3-11-7-9-18(10-8-11)14(19)12-5-6-13(15-4-2)17-16-12/h5-6,11H,3-4,7-10H2,1-2H3,(H,15,17). The fourth-order valence-corrected chi connectivity index (χ4v) is 2.43. The molecule has 0 radical (unpaired) electrons. The van der Waals surface area contributed by atoms with Crippen LogP contribution in [0.3, 0.4) is 0 Å². The largest absolute Gasteiger partial charge is 0.369 e. The van der Waals surface area contributed by atoms with Crippen molar-refractivity contribution in [3.8, 4) is 0 Å². The lowest BCUT2D eigenvalue weighted by Crippen LogP contribution is -2.38. The van der Waals surface area contributed by atoms with Crippen molar-refractivity contribution in [3.63, 3.8) is 0 Å². The molecule has 0 aromatic carbocycles. The van der Waals surface area contributed by atoms with Crippen LogP contribution < -0.4 is 5.32 Å². The van der Waals surface area contributed by atoms with Crippen LogP contribution in [0.4, 0.5) is 5.82 Å². The predicted molar refractivity (Wildman–Crippen MR) is 75.1 cm³/mol. The molecule has 0 atom stereocenters. The Hall–Kier alpha value is -1.65. The number of carbonyl (C=O) groups is 1. The van der Waals surface area contributed by atoms with E-state index < -0.39 is 0 Å². The summed E-state index contributed by atoms with van der Waals surface area (Å²) in [7, 11) is 0. The third-order valence-electron chi connectivity index (χ3n) is 3.72. The van der Waals surface area contributed by atoms with E-state index in [-0.39, 0.29) is 5.91 Å². The summed E-state index contributed by atoms with van der Waals surface area (Å²) in [5, 5.41) is 11.1. The molecule has 1 aromatic rings. The Kier molecular flexibility index (Phi) is 4.71. The van der Waals surface area contributed by atoms with Crippen LogP contribution in [0.5, 0.6) is 0 Å². The number of aromatic nitrogens is 2. The van der Waals surface area contributed by atoms with Crippen molar-refractivity contribution in [1.82, 2.24) is 15.1 Å². The van der Waals surface area contributed by atoms with Crippen molar-refractivity contribution in [1.29, 1.82) is 0 Å². The third-order valence-corrected chi connectivity index (χ3v) is 3.72. The van der Waals surface area contributed by atoms with Gasteiger partial charge in [-0.2, -0.15) is 0 Å². The molecule has 0 bridgehead atoms. The molecular weight excluding hydrogens is 240 g/mol. The molecule has 1 aliphatic heterocycles. The van der Waals surface area contributed by atoms with Gasteiger partial charge in [0, 0.05) is 19.6 Å². The lowest BCUT2D eigenvalue weighted by atomic mass is 9.94. The number of hydrogen-bond donors (Lipinski definition) is 1. The molecule has 2 heterocycles. The zero-order valence-electron chi connectivity index (χ0n) is 11.7. The Morgan fingerprint density at radius 2 is 2.05 bits per heavy atom. The van der Waals surface area contributed by atoms with Crippen LogP contribution in [0.15, 0.2) is 12.1 Å². The number of amides is 1. The highest BCUT2D eigenvalue weighted by atomic mass is 16.2. The molecule has 5 heteroatoms. The Morgan fingerprint density at radius 3 is 2.58 bits per heavy atom. The van der Waals surface area contributed by atoms with Crippen molar-refractivity contribution in [2.24, 2.45) is 5.92 Å². The zero-order valence-corrected chi connectivity index (χ0v) is 11.7. The fourth-order valence-electron chi connectivity index (χ4n) is 2.43. The topological polar surface area (TPSA) is 58.1 Å². The molecule has 1 saturated heterocycles. The normalized spacial score (nSPS) is 16.4. The number of rotatable bonds is 4. The molecule has 0 spiro atoms. The summed E-state index contributed by atoms with van der Waals surface area (Å²) in [5.74, 6) is 1.49. The van der Waals surface area contributed by atoms with E-state index in [9.17, 15) is 4.79 Å². The van der Waals surface area contributed by atoms with Gasteiger partial charge in [-0.15, -0.1) is 10.2 Å². The summed E-state index contributed by atoms with van der Waals surface area (Å²) in [5.41, 5.74) is 0.441. The highest BCUT2D eigenvalue weighted by Crippen LogP contribution is 2.21. The molecule has 19 heavy (non-hydrogen) atoms. The second kappa shape index (κ2) is 6.50. The fraction of sp³-hybridized carbons (Fsp3) is 0.643. The maximum Gasteiger partial charge on any atom is 0.274 e. The van der Waals surface area contributed by atoms with Crippen molar-refractivity contribution in [2.75, 3.05) is 25.0 Å². The first-order valence-electron chi connectivity index (χ1n) is 7.11. The minimum Gasteiger partial charge on any atom is -0.369 e. The molecule has 2 rings (SSSR count). The molecule has 104 valence electrons. The lowest BCUT2D eigenvalue weighted by Gasteiger charge is -2.31. The number of likely N-dealkylation sites (tertiary alicyclic amines) is 1. The van der Waals surface area contributed by atoms with Gasteiger partial charge in [-0.1, -0.05) is 13.3 Å². The van der Waals surface area contributed by atoms with Crippen molar-refractivity contribution < 1.29 is 4.79 Å². The molecule has 1 N–H and O–H groups in total. The van der Waals surface area contributed by atoms with Gasteiger partial charge in [-0.25, -0.2) is 0 Å². The Morgan fingerprint density at radius 1 is 1.32 bits per heavy atom. The first kappa shape index (κ1) is 13.8. The molecule has 0 aliphatic carbocycles. The Balaban J connectivity index is 1.96. The first-order valence-corrected chi connectivity index (χ1v) is 7.11. The number of nitrogens with zero attached hydrogens (tertiary/aromatic N) is 3. The van der Waals surface area contributed by atoms with Crippen LogP contribution in [0.2, 0.25) is 0 Å². The summed E-state index contributed by atoms with van der Waals surface area (Å²) >= 11 is 0. The van der Waals surface area contributed by atoms with Crippen molar-refractivity contribution in [2.45, 2.75) is 33.1 Å². The second-order valence-electron chi connectivity index (χ2n) is 4.98. The predicted octanol–water partition coefficient (Wildman–Crippen LogP) is 2.17. The van der Waals surface area contributed by atoms with Gasteiger partial charge in [0.1, 0.15) is 5.82 Å². The maximum absolute atomic E-state index is 12.3. The summed E-state index contributed by atoms with van der Waals surface area (Å²) < 4.78 is 0. The summed E-state index contributed by atoms with van der Waals surface area (Å²) in [6.45, 7) is 6.69. The monoisotopic (exact) mass is 262 g/mol. The van der Waals surface area contributed by atoms with E-state index in [1.807, 2.05) is 17.9 Å². The summed E-state index contributed by atoms with van der Waals surface area (Å²) in [6, 6.07) is 3.56. The SMILES string of the molecule is CCNc1ccc(C(=O)N2CCC(CC)CC2)nn1. The highest BCUT2D eigenvalue weighted by Gasteiger charge is 2.23. The van der Waals surface area contributed by atoms with Crippen LogP contribution in [0.1, 0.15) is 43.6 Å². The molecule has 1 aliphatic rings. The Labute approximate surface area is 114 Å². The van der Waals surface area contributed by atoms with Gasteiger partial charge in [0.25, 0.3) is 5.91 Å². The molecule has 1 aromatic heterocycles. The van der Waals surface area contributed by atoms with Gasteiger partial charge in [-0.05, 0) is 37.8 Å². The average molecular weight is 262 g/mol. The van der Waals surface area contributed by atoms with E-state index in [1.54, 1.807) is 6.07 Å². The van der Waals surface area contributed by atoms with Crippen LogP contribution in [-0.2, 0) is 0 Å². The quantitative estimate of drug-likeness (QED) is 0.903. The number of nitrogens with one attached hydrogen (secondary N) is 1. The van der Waals surface area contributed by atoms with Crippen LogP contribution in [-0.4, -0.2) is 40.6 Å². The van der Waals surface area contributed by atoms with Gasteiger partial charge in [-0.3, -0.25) is 4.79 Å². The van der Waals surface area contributed by atoms with Crippen molar-refractivity contribution in [3.05, 3.63) is 17.8 Å². The van der Waals surface area contributed by atoms with E-state index in [1.165, 1.54) is 6.42 Å². The number of piperidine rings is 1. The summed E-state index contributed by atoms with van der Waals surface area (Å²) in [6.07, 6.45) is 3.41. The van der Waals surface area contributed by atoms with E-state index in [0.29, 0.717) is 11.5 Å². The highest BCUT2D eigenvalue weighted by molar-refractivity contribution is 5.92. The second-order valence-corrected chi connectivity index (χ2v) is 4.98. The van der Waals surface area contributed by atoms with Gasteiger partial charge in [0.15, 0.2) is 5.69 Å². The van der Waals surface area contributed by atoms with Crippen LogP contribution in [0.25, 0.3) is 0 Å². The van der Waals surface area contributed by atoms with E-state index in [4.69, 9.17) is 0 Å². The van der Waals surface area contributed by atoms with Gasteiger partial charge >= 0.3 is 0 Å². The smallest absolute Gasteiger partial charge is 0.274 e. The molecular formula is C14H22N4O. The third kappa shape index (κ3) is 3.43.